The van der Waals surface area contributed by atoms with Crippen LogP contribution in [0.1, 0.15) is 11.1 Å². The maximum atomic E-state index is 13.4. The number of urea groups is 1. The third-order valence-electron chi connectivity index (χ3n) is 2.99. The lowest BCUT2D eigenvalue weighted by molar-refractivity contribution is 0.244. The van der Waals surface area contributed by atoms with Crippen LogP contribution in [0.15, 0.2) is 54.7 Å². The van der Waals surface area contributed by atoms with Crippen molar-refractivity contribution >= 4 is 12.1 Å². The van der Waals surface area contributed by atoms with Crippen molar-refractivity contribution in [1.29, 1.82) is 0 Å². The highest BCUT2D eigenvalue weighted by molar-refractivity contribution is 5.75. The highest BCUT2D eigenvalue weighted by Gasteiger charge is 1.99. The lowest BCUT2D eigenvalue weighted by atomic mass is 10.2. The van der Waals surface area contributed by atoms with Gasteiger partial charge >= 0.3 is 6.03 Å². The van der Waals surface area contributed by atoms with Crippen molar-refractivity contribution in [3.8, 4) is 5.75 Å². The maximum Gasteiger partial charge on any atom is 0.319 e. The fourth-order valence-corrected chi connectivity index (χ4v) is 1.79. The summed E-state index contributed by atoms with van der Waals surface area (Å²) in [5.41, 5.74) is 1.37. The fraction of sp³-hybridized carbons (Fsp3) is 0.118. The number of carbonyl (C=O) groups excluding carboxylic acids is 1. The Balaban J connectivity index is 1.79. The Kier molecular flexibility index (Phi) is 5.54. The standard InChI is InChI=1S/C17H17FN2O2/c1-22-15-8-6-13(7-9-15)12-20-17(21)19-11-10-14-4-2-3-5-16(14)18/h2-11H,12H2,1H3,(H2,19,20,21)/b11-10+. The zero-order valence-electron chi connectivity index (χ0n) is 12.2. The van der Waals surface area contributed by atoms with Gasteiger partial charge in [0.1, 0.15) is 11.6 Å². The van der Waals surface area contributed by atoms with Crippen LogP contribution in [-0.2, 0) is 6.54 Å². The van der Waals surface area contributed by atoms with Gasteiger partial charge in [0.25, 0.3) is 0 Å². The molecule has 2 N–H and O–H groups in total. The molecule has 0 spiro atoms. The van der Waals surface area contributed by atoms with Crippen LogP contribution in [0.3, 0.4) is 0 Å². The number of hydrogen-bond donors (Lipinski definition) is 2. The summed E-state index contributed by atoms with van der Waals surface area (Å²) in [5.74, 6) is 0.431. The Hall–Kier alpha value is -2.82. The quantitative estimate of drug-likeness (QED) is 0.890. The number of methoxy groups -OCH3 is 1. The molecule has 0 fully saturated rings. The van der Waals surface area contributed by atoms with Crippen LogP contribution >= 0.6 is 0 Å². The first-order valence-corrected chi connectivity index (χ1v) is 6.77. The minimum atomic E-state index is -0.358. The molecule has 5 heteroatoms. The average Bonchev–Trinajstić information content (AvgIpc) is 2.55. The minimum absolute atomic E-state index is 0.334. The molecule has 0 unspecified atom stereocenters. The Morgan fingerprint density at radius 3 is 2.59 bits per heavy atom. The normalized spacial score (nSPS) is 10.5. The van der Waals surface area contributed by atoms with Gasteiger partial charge in [0.05, 0.1) is 7.11 Å². The molecule has 22 heavy (non-hydrogen) atoms. The second-order valence-electron chi connectivity index (χ2n) is 4.53. The fourth-order valence-electron chi connectivity index (χ4n) is 1.79. The van der Waals surface area contributed by atoms with E-state index in [1.165, 1.54) is 18.3 Å². The molecule has 0 radical (unpaired) electrons. The number of amides is 2. The van der Waals surface area contributed by atoms with Gasteiger partial charge in [-0.05, 0) is 29.8 Å². The van der Waals surface area contributed by atoms with Gasteiger partial charge in [0, 0.05) is 18.3 Å². The summed E-state index contributed by atoms with van der Waals surface area (Å²) >= 11 is 0. The summed E-state index contributed by atoms with van der Waals surface area (Å²) in [6.45, 7) is 0.392. The predicted molar refractivity (Wildman–Crippen MR) is 83.8 cm³/mol. The van der Waals surface area contributed by atoms with Crippen LogP contribution in [0.2, 0.25) is 0 Å². The zero-order chi connectivity index (χ0) is 15.8. The summed E-state index contributed by atoms with van der Waals surface area (Å²) in [6.07, 6.45) is 2.91. The van der Waals surface area contributed by atoms with Gasteiger partial charge in [-0.1, -0.05) is 30.3 Å². The monoisotopic (exact) mass is 300 g/mol. The number of rotatable bonds is 5. The average molecular weight is 300 g/mol. The molecule has 0 aromatic heterocycles. The van der Waals surface area contributed by atoms with E-state index < -0.39 is 0 Å². The third kappa shape index (κ3) is 4.63. The van der Waals surface area contributed by atoms with Crippen molar-refractivity contribution in [2.75, 3.05) is 7.11 Å². The van der Waals surface area contributed by atoms with Gasteiger partial charge in [-0.3, -0.25) is 0 Å². The summed E-state index contributed by atoms with van der Waals surface area (Å²) < 4.78 is 18.4. The SMILES string of the molecule is COc1ccc(CNC(=O)N/C=C/c2ccccc2F)cc1. The van der Waals surface area contributed by atoms with Gasteiger partial charge in [-0.25, -0.2) is 9.18 Å². The smallest absolute Gasteiger partial charge is 0.319 e. The lowest BCUT2D eigenvalue weighted by Gasteiger charge is -2.06. The molecule has 0 saturated carbocycles. The third-order valence-corrected chi connectivity index (χ3v) is 2.99. The second kappa shape index (κ2) is 7.83. The Labute approximate surface area is 128 Å². The Morgan fingerprint density at radius 1 is 1.18 bits per heavy atom. The first kappa shape index (κ1) is 15.6. The van der Waals surface area contributed by atoms with Crippen molar-refractivity contribution in [2.24, 2.45) is 0 Å². The van der Waals surface area contributed by atoms with Gasteiger partial charge in [-0.15, -0.1) is 0 Å². The second-order valence-corrected chi connectivity index (χ2v) is 4.53. The van der Waals surface area contributed by atoms with E-state index in [0.717, 1.165) is 11.3 Å². The number of benzene rings is 2. The molecule has 0 saturated heterocycles. The van der Waals surface area contributed by atoms with Crippen molar-refractivity contribution in [3.05, 3.63) is 71.7 Å². The lowest BCUT2D eigenvalue weighted by Crippen LogP contribution is -2.31. The van der Waals surface area contributed by atoms with Gasteiger partial charge in [0.2, 0.25) is 0 Å². The molecule has 0 aliphatic heterocycles. The summed E-state index contributed by atoms with van der Waals surface area (Å²) in [4.78, 5) is 11.6. The number of nitrogens with one attached hydrogen (secondary N) is 2. The van der Waals surface area contributed by atoms with E-state index in [1.54, 1.807) is 25.3 Å². The summed E-state index contributed by atoms with van der Waals surface area (Å²) in [5, 5.41) is 5.23. The molecule has 2 amide bonds. The van der Waals surface area contributed by atoms with Crippen molar-refractivity contribution in [1.82, 2.24) is 10.6 Å². The van der Waals surface area contributed by atoms with Crippen molar-refractivity contribution in [2.45, 2.75) is 6.54 Å². The molecule has 2 rings (SSSR count). The molecule has 114 valence electrons. The Morgan fingerprint density at radius 2 is 1.91 bits per heavy atom. The van der Waals surface area contributed by atoms with E-state index in [-0.39, 0.29) is 11.8 Å². The molecular formula is C17H17FN2O2. The molecule has 0 heterocycles. The van der Waals surface area contributed by atoms with Gasteiger partial charge in [0.15, 0.2) is 0 Å². The van der Waals surface area contributed by atoms with E-state index >= 15 is 0 Å². The molecule has 0 aliphatic rings. The number of ether oxygens (including phenoxy) is 1. The highest BCUT2D eigenvalue weighted by Crippen LogP contribution is 2.11. The topological polar surface area (TPSA) is 50.4 Å². The molecule has 0 atom stereocenters. The number of carbonyl (C=O) groups is 1. The van der Waals surface area contributed by atoms with Crippen molar-refractivity contribution in [3.63, 3.8) is 0 Å². The molecule has 2 aromatic rings. The number of hydrogen-bond acceptors (Lipinski definition) is 2. The van der Waals surface area contributed by atoms with Crippen LogP contribution in [-0.4, -0.2) is 13.1 Å². The minimum Gasteiger partial charge on any atom is -0.497 e. The van der Waals surface area contributed by atoms with E-state index in [0.29, 0.717) is 12.1 Å². The van der Waals surface area contributed by atoms with E-state index in [1.807, 2.05) is 24.3 Å². The molecular weight excluding hydrogens is 283 g/mol. The molecule has 2 aromatic carbocycles. The summed E-state index contributed by atoms with van der Waals surface area (Å²) in [7, 11) is 1.60. The van der Waals surface area contributed by atoms with Crippen molar-refractivity contribution < 1.29 is 13.9 Å². The largest absolute Gasteiger partial charge is 0.497 e. The van der Waals surface area contributed by atoms with Crippen LogP contribution in [0.25, 0.3) is 6.08 Å². The zero-order valence-corrected chi connectivity index (χ0v) is 12.2. The van der Waals surface area contributed by atoms with E-state index in [9.17, 15) is 9.18 Å². The van der Waals surface area contributed by atoms with Crippen LogP contribution < -0.4 is 15.4 Å². The van der Waals surface area contributed by atoms with Gasteiger partial charge < -0.3 is 15.4 Å². The highest BCUT2D eigenvalue weighted by atomic mass is 19.1. The van der Waals surface area contributed by atoms with Crippen LogP contribution in [0, 0.1) is 5.82 Å². The van der Waals surface area contributed by atoms with Crippen LogP contribution in [0.4, 0.5) is 9.18 Å². The first-order valence-electron chi connectivity index (χ1n) is 6.77. The molecule has 4 nitrogen and oxygen atoms in total. The predicted octanol–water partition coefficient (Wildman–Crippen LogP) is 3.30. The van der Waals surface area contributed by atoms with Gasteiger partial charge in [-0.2, -0.15) is 0 Å². The molecule has 0 aliphatic carbocycles. The first-order chi connectivity index (χ1) is 10.7. The molecule has 0 bridgehead atoms. The summed E-state index contributed by atoms with van der Waals surface area (Å²) in [6, 6.07) is 13.4. The van der Waals surface area contributed by atoms with Crippen LogP contribution in [0.5, 0.6) is 5.75 Å². The van der Waals surface area contributed by atoms with E-state index in [4.69, 9.17) is 4.74 Å². The maximum absolute atomic E-state index is 13.4. The Bertz CT molecular complexity index is 654. The van der Waals surface area contributed by atoms with E-state index in [2.05, 4.69) is 10.6 Å². The number of halogens is 1.